The smallest absolute Gasteiger partial charge is 0.214 e. The van der Waals surface area contributed by atoms with Crippen molar-refractivity contribution in [1.29, 1.82) is 0 Å². The monoisotopic (exact) mass is 584 g/mol. The van der Waals surface area contributed by atoms with Crippen molar-refractivity contribution in [2.75, 3.05) is 13.7 Å². The van der Waals surface area contributed by atoms with E-state index >= 15 is 0 Å². The SMILES string of the molecule is CCOc1ccc(C2=NN3C(C2)c2cc(Br)ccc2OC3c2ccc(OCc3ccccc3)c(OC)c2)cc1. The number of hydrazone groups is 1. The molecule has 0 N–H and O–H groups in total. The summed E-state index contributed by atoms with van der Waals surface area (Å²) in [6.45, 7) is 3.09. The lowest BCUT2D eigenvalue weighted by molar-refractivity contribution is -0.0192. The summed E-state index contributed by atoms with van der Waals surface area (Å²) in [4.78, 5) is 0. The fourth-order valence-corrected chi connectivity index (χ4v) is 5.43. The normalized spacial score (nSPS) is 17.5. The van der Waals surface area contributed by atoms with Crippen molar-refractivity contribution in [2.24, 2.45) is 5.10 Å². The van der Waals surface area contributed by atoms with E-state index in [1.807, 2.05) is 79.7 Å². The quantitative estimate of drug-likeness (QED) is 0.212. The van der Waals surface area contributed by atoms with Crippen LogP contribution in [-0.2, 0) is 6.61 Å². The highest BCUT2D eigenvalue weighted by Gasteiger charge is 2.41. The Hall–Kier alpha value is -3.97. The summed E-state index contributed by atoms with van der Waals surface area (Å²) in [5.74, 6) is 3.05. The molecule has 2 unspecified atom stereocenters. The molecule has 2 atom stereocenters. The highest BCUT2D eigenvalue weighted by molar-refractivity contribution is 9.10. The lowest BCUT2D eigenvalue weighted by atomic mass is 9.96. The summed E-state index contributed by atoms with van der Waals surface area (Å²) in [7, 11) is 1.66. The van der Waals surface area contributed by atoms with Gasteiger partial charge in [0.1, 0.15) is 18.1 Å². The van der Waals surface area contributed by atoms with Crippen LogP contribution in [0.3, 0.4) is 0 Å². The third-order valence-electron chi connectivity index (χ3n) is 6.96. The van der Waals surface area contributed by atoms with Crippen molar-refractivity contribution in [3.63, 3.8) is 0 Å². The summed E-state index contributed by atoms with van der Waals surface area (Å²) in [6, 6.07) is 30.4. The van der Waals surface area contributed by atoms with E-state index in [0.29, 0.717) is 24.7 Å². The van der Waals surface area contributed by atoms with E-state index in [4.69, 9.17) is 24.0 Å². The molecule has 0 amide bonds. The van der Waals surface area contributed by atoms with Crippen LogP contribution in [0.4, 0.5) is 0 Å². The zero-order valence-electron chi connectivity index (χ0n) is 21.8. The standard InChI is InChI=1S/C32H29BrN2O4/c1-3-37-25-13-9-22(10-14-25)27-19-28-26-18-24(33)12-16-29(26)39-32(35(28)34-27)23-11-15-30(31(17-23)36-2)38-20-21-7-5-4-6-8-21/h4-18,28,32H,3,19-20H2,1-2H3. The van der Waals surface area contributed by atoms with Crippen LogP contribution in [0, 0.1) is 0 Å². The number of benzene rings is 4. The van der Waals surface area contributed by atoms with Gasteiger partial charge in [-0.05, 0) is 78.7 Å². The maximum atomic E-state index is 6.57. The summed E-state index contributed by atoms with van der Waals surface area (Å²) >= 11 is 3.63. The maximum absolute atomic E-state index is 6.57. The summed E-state index contributed by atoms with van der Waals surface area (Å²) in [5, 5.41) is 7.16. The summed E-state index contributed by atoms with van der Waals surface area (Å²) < 4.78 is 25.0. The maximum Gasteiger partial charge on any atom is 0.214 e. The second kappa shape index (κ2) is 11.0. The van der Waals surface area contributed by atoms with Gasteiger partial charge in [0.25, 0.3) is 0 Å². The van der Waals surface area contributed by atoms with Crippen LogP contribution < -0.4 is 18.9 Å². The van der Waals surface area contributed by atoms with Crippen LogP contribution in [0.1, 0.15) is 47.9 Å². The highest BCUT2D eigenvalue weighted by atomic mass is 79.9. The minimum absolute atomic E-state index is 0.0396. The molecule has 6 nitrogen and oxygen atoms in total. The molecule has 2 heterocycles. The number of rotatable bonds is 8. The molecule has 0 bridgehead atoms. The fourth-order valence-electron chi connectivity index (χ4n) is 5.06. The van der Waals surface area contributed by atoms with Crippen LogP contribution in [-0.4, -0.2) is 24.4 Å². The average molecular weight is 585 g/mol. The molecule has 0 spiro atoms. The third-order valence-corrected chi connectivity index (χ3v) is 7.45. The second-order valence-electron chi connectivity index (χ2n) is 9.44. The lowest BCUT2D eigenvalue weighted by Gasteiger charge is -2.38. The first-order valence-electron chi connectivity index (χ1n) is 13.0. The number of methoxy groups -OCH3 is 1. The molecule has 4 aromatic rings. The Bertz CT molecular complexity index is 1490. The molecule has 198 valence electrons. The van der Waals surface area contributed by atoms with Crippen molar-refractivity contribution < 1.29 is 18.9 Å². The van der Waals surface area contributed by atoms with Gasteiger partial charge in [-0.1, -0.05) is 46.3 Å². The van der Waals surface area contributed by atoms with E-state index in [2.05, 4.69) is 39.1 Å². The van der Waals surface area contributed by atoms with Crippen LogP contribution >= 0.6 is 15.9 Å². The molecular formula is C32H29BrN2O4. The topological polar surface area (TPSA) is 52.5 Å². The molecular weight excluding hydrogens is 556 g/mol. The number of hydrogen-bond acceptors (Lipinski definition) is 6. The first kappa shape index (κ1) is 25.3. The molecule has 2 aliphatic heterocycles. The molecule has 0 saturated heterocycles. The summed E-state index contributed by atoms with van der Waals surface area (Å²) in [5.41, 5.74) is 5.23. The minimum Gasteiger partial charge on any atom is -0.494 e. The minimum atomic E-state index is -0.416. The molecule has 2 aliphatic rings. The van der Waals surface area contributed by atoms with Crippen molar-refractivity contribution >= 4 is 21.6 Å². The van der Waals surface area contributed by atoms with Gasteiger partial charge in [0.2, 0.25) is 6.23 Å². The predicted molar refractivity (Wildman–Crippen MR) is 155 cm³/mol. The summed E-state index contributed by atoms with van der Waals surface area (Å²) in [6.07, 6.45) is 0.355. The molecule has 7 heteroatoms. The molecule has 4 aromatic carbocycles. The molecule has 0 aromatic heterocycles. The van der Waals surface area contributed by atoms with Crippen molar-refractivity contribution in [2.45, 2.75) is 32.2 Å². The van der Waals surface area contributed by atoms with E-state index < -0.39 is 6.23 Å². The third kappa shape index (κ3) is 5.19. The Labute approximate surface area is 236 Å². The van der Waals surface area contributed by atoms with E-state index in [-0.39, 0.29) is 6.04 Å². The van der Waals surface area contributed by atoms with Gasteiger partial charge in [-0.15, -0.1) is 0 Å². The first-order chi connectivity index (χ1) is 19.1. The van der Waals surface area contributed by atoms with Gasteiger partial charge in [0, 0.05) is 22.0 Å². The molecule has 0 saturated carbocycles. The Morgan fingerprint density at radius 1 is 0.923 bits per heavy atom. The Morgan fingerprint density at radius 2 is 1.74 bits per heavy atom. The van der Waals surface area contributed by atoms with Gasteiger partial charge in [-0.25, -0.2) is 5.01 Å². The van der Waals surface area contributed by atoms with Crippen LogP contribution in [0.15, 0.2) is 101 Å². The van der Waals surface area contributed by atoms with Crippen LogP contribution in [0.25, 0.3) is 0 Å². The lowest BCUT2D eigenvalue weighted by Crippen LogP contribution is -2.33. The predicted octanol–water partition coefficient (Wildman–Crippen LogP) is 7.68. The molecule has 0 radical (unpaired) electrons. The number of fused-ring (bicyclic) bond motifs is 3. The number of halogens is 1. The van der Waals surface area contributed by atoms with Gasteiger partial charge < -0.3 is 18.9 Å². The van der Waals surface area contributed by atoms with Crippen molar-refractivity contribution in [3.05, 3.63) is 118 Å². The second-order valence-corrected chi connectivity index (χ2v) is 10.4. The van der Waals surface area contributed by atoms with E-state index in [1.54, 1.807) is 7.11 Å². The number of ether oxygens (including phenoxy) is 4. The van der Waals surface area contributed by atoms with E-state index in [1.165, 1.54) is 0 Å². The Balaban J connectivity index is 1.32. The zero-order valence-corrected chi connectivity index (χ0v) is 23.4. The van der Waals surface area contributed by atoms with Crippen LogP contribution in [0.2, 0.25) is 0 Å². The van der Waals surface area contributed by atoms with Gasteiger partial charge in [-0.3, -0.25) is 0 Å². The molecule has 39 heavy (non-hydrogen) atoms. The van der Waals surface area contributed by atoms with Crippen LogP contribution in [0.5, 0.6) is 23.0 Å². The Kier molecular flexibility index (Phi) is 7.16. The van der Waals surface area contributed by atoms with Gasteiger partial charge in [0.05, 0.1) is 25.5 Å². The highest BCUT2D eigenvalue weighted by Crippen LogP contribution is 2.49. The van der Waals surface area contributed by atoms with Gasteiger partial charge in [0.15, 0.2) is 11.5 Å². The Morgan fingerprint density at radius 3 is 2.51 bits per heavy atom. The molecule has 6 rings (SSSR count). The first-order valence-corrected chi connectivity index (χ1v) is 13.8. The van der Waals surface area contributed by atoms with Gasteiger partial charge >= 0.3 is 0 Å². The molecule has 0 fully saturated rings. The largest absolute Gasteiger partial charge is 0.494 e. The zero-order chi connectivity index (χ0) is 26.8. The van der Waals surface area contributed by atoms with Crippen molar-refractivity contribution in [1.82, 2.24) is 5.01 Å². The average Bonchev–Trinajstić information content (AvgIpc) is 3.43. The molecule has 0 aliphatic carbocycles. The fraction of sp³-hybridized carbons (Fsp3) is 0.219. The number of nitrogens with zero attached hydrogens (tertiary/aromatic N) is 2. The number of hydrogen-bond donors (Lipinski definition) is 0. The van der Waals surface area contributed by atoms with Gasteiger partial charge in [-0.2, -0.15) is 5.10 Å². The van der Waals surface area contributed by atoms with E-state index in [9.17, 15) is 0 Å². The van der Waals surface area contributed by atoms with Crippen molar-refractivity contribution in [3.8, 4) is 23.0 Å². The van der Waals surface area contributed by atoms with E-state index in [0.717, 1.165) is 50.4 Å².